The van der Waals surface area contributed by atoms with Crippen molar-refractivity contribution in [1.82, 2.24) is 9.21 Å². The van der Waals surface area contributed by atoms with Crippen molar-refractivity contribution in [2.24, 2.45) is 0 Å². The zero-order valence-corrected chi connectivity index (χ0v) is 15.8. The van der Waals surface area contributed by atoms with Crippen molar-refractivity contribution in [3.8, 4) is 0 Å². The van der Waals surface area contributed by atoms with Crippen LogP contribution in [0.1, 0.15) is 29.3 Å². The van der Waals surface area contributed by atoms with Crippen LogP contribution >= 0.6 is 0 Å². The number of sulfonamides is 1. The predicted molar refractivity (Wildman–Crippen MR) is 102 cm³/mol. The first kappa shape index (κ1) is 18.8. The molecule has 0 atom stereocenters. The number of nitrogens with zero attached hydrogens (tertiary/aromatic N) is 2. The lowest BCUT2D eigenvalue weighted by Gasteiger charge is -2.22. The molecule has 0 aromatic heterocycles. The van der Waals surface area contributed by atoms with E-state index in [-0.39, 0.29) is 10.7 Å². The Morgan fingerprint density at radius 2 is 1.62 bits per heavy atom. The van der Waals surface area contributed by atoms with Gasteiger partial charge in [-0.25, -0.2) is 8.42 Å². The van der Waals surface area contributed by atoms with Gasteiger partial charge in [0, 0.05) is 31.7 Å². The third kappa shape index (κ3) is 4.38. The molecule has 6 heteroatoms. The average molecular weight is 372 g/mol. The minimum atomic E-state index is -3.53. The Balaban J connectivity index is 1.68. The van der Waals surface area contributed by atoms with Gasteiger partial charge in [-0.15, -0.1) is 0 Å². The summed E-state index contributed by atoms with van der Waals surface area (Å²) >= 11 is 0. The first-order valence-corrected chi connectivity index (χ1v) is 10.3. The SMILES string of the molecule is CC(=O)c1ccc(S(=O)(=O)N2CCCN(Cc3ccccc3)CC2)cc1. The highest BCUT2D eigenvalue weighted by atomic mass is 32.2. The van der Waals surface area contributed by atoms with E-state index in [1.165, 1.54) is 24.6 Å². The van der Waals surface area contributed by atoms with Crippen molar-refractivity contribution >= 4 is 15.8 Å². The maximum atomic E-state index is 12.9. The van der Waals surface area contributed by atoms with Crippen molar-refractivity contribution in [1.29, 1.82) is 0 Å². The molecule has 0 amide bonds. The highest BCUT2D eigenvalue weighted by molar-refractivity contribution is 7.89. The Morgan fingerprint density at radius 3 is 2.27 bits per heavy atom. The van der Waals surface area contributed by atoms with Gasteiger partial charge in [0.1, 0.15) is 0 Å². The quantitative estimate of drug-likeness (QED) is 0.758. The van der Waals surface area contributed by atoms with Crippen LogP contribution in [0.5, 0.6) is 0 Å². The third-order valence-electron chi connectivity index (χ3n) is 4.70. The van der Waals surface area contributed by atoms with Crippen molar-refractivity contribution in [2.75, 3.05) is 26.2 Å². The van der Waals surface area contributed by atoms with Crippen molar-refractivity contribution in [2.45, 2.75) is 24.8 Å². The van der Waals surface area contributed by atoms with E-state index < -0.39 is 10.0 Å². The van der Waals surface area contributed by atoms with Gasteiger partial charge in [-0.3, -0.25) is 9.69 Å². The van der Waals surface area contributed by atoms with Gasteiger partial charge in [0.05, 0.1) is 4.90 Å². The second-order valence-corrected chi connectivity index (χ2v) is 8.54. The number of carbonyl (C=O) groups is 1. The molecule has 0 unspecified atom stereocenters. The van der Waals surface area contributed by atoms with Crippen LogP contribution < -0.4 is 0 Å². The fourth-order valence-corrected chi connectivity index (χ4v) is 4.67. The Morgan fingerprint density at radius 1 is 0.923 bits per heavy atom. The Kier molecular flexibility index (Phi) is 5.86. The maximum absolute atomic E-state index is 12.9. The monoisotopic (exact) mass is 372 g/mol. The molecule has 5 nitrogen and oxygen atoms in total. The molecule has 0 aliphatic carbocycles. The Bertz CT molecular complexity index is 848. The molecule has 1 aliphatic rings. The van der Waals surface area contributed by atoms with E-state index in [2.05, 4.69) is 17.0 Å². The number of Topliss-reactive ketones (excluding diaryl/α,β-unsaturated/α-hetero) is 1. The highest BCUT2D eigenvalue weighted by Gasteiger charge is 2.27. The third-order valence-corrected chi connectivity index (χ3v) is 6.61. The van der Waals surface area contributed by atoms with E-state index in [0.29, 0.717) is 25.2 Å². The summed E-state index contributed by atoms with van der Waals surface area (Å²) in [5.74, 6) is -0.0692. The summed E-state index contributed by atoms with van der Waals surface area (Å²) in [6.45, 7) is 4.89. The van der Waals surface area contributed by atoms with Gasteiger partial charge in [0.25, 0.3) is 0 Å². The molecule has 0 spiro atoms. The number of hydrogen-bond donors (Lipinski definition) is 0. The summed E-state index contributed by atoms with van der Waals surface area (Å²) in [6.07, 6.45) is 0.803. The van der Waals surface area contributed by atoms with Crippen LogP contribution in [0.15, 0.2) is 59.5 Å². The van der Waals surface area contributed by atoms with Crippen LogP contribution in [0.2, 0.25) is 0 Å². The van der Waals surface area contributed by atoms with Gasteiger partial charge in [-0.05, 0) is 37.6 Å². The first-order chi connectivity index (χ1) is 12.5. The Labute approximate surface area is 155 Å². The van der Waals surface area contributed by atoms with Gasteiger partial charge in [-0.2, -0.15) is 4.31 Å². The van der Waals surface area contributed by atoms with Crippen LogP contribution in [-0.2, 0) is 16.6 Å². The smallest absolute Gasteiger partial charge is 0.243 e. The average Bonchev–Trinajstić information content (AvgIpc) is 2.89. The van der Waals surface area contributed by atoms with E-state index in [9.17, 15) is 13.2 Å². The number of benzene rings is 2. The lowest BCUT2D eigenvalue weighted by atomic mass is 10.2. The molecule has 1 heterocycles. The van der Waals surface area contributed by atoms with Crippen LogP contribution in [0, 0.1) is 0 Å². The second-order valence-electron chi connectivity index (χ2n) is 6.60. The van der Waals surface area contributed by atoms with Crippen molar-refractivity contribution in [3.05, 3.63) is 65.7 Å². The molecule has 2 aromatic rings. The van der Waals surface area contributed by atoms with Gasteiger partial charge in [0.2, 0.25) is 10.0 Å². The van der Waals surface area contributed by atoms with Gasteiger partial charge < -0.3 is 0 Å². The first-order valence-electron chi connectivity index (χ1n) is 8.84. The molecule has 2 aromatic carbocycles. The topological polar surface area (TPSA) is 57.7 Å². The molecule has 0 bridgehead atoms. The van der Waals surface area contributed by atoms with E-state index in [0.717, 1.165) is 19.5 Å². The van der Waals surface area contributed by atoms with Gasteiger partial charge in [0.15, 0.2) is 5.78 Å². The summed E-state index contributed by atoms with van der Waals surface area (Å²) in [4.78, 5) is 13.9. The molecule has 26 heavy (non-hydrogen) atoms. The molecule has 1 aliphatic heterocycles. The zero-order chi connectivity index (χ0) is 18.6. The second kappa shape index (κ2) is 8.12. The zero-order valence-electron chi connectivity index (χ0n) is 15.0. The summed E-state index contributed by atoms with van der Waals surface area (Å²) in [7, 11) is -3.53. The van der Waals surface area contributed by atoms with Gasteiger partial charge in [-0.1, -0.05) is 42.5 Å². The molecule has 0 N–H and O–H groups in total. The molecular formula is C20H24N2O3S. The summed E-state index contributed by atoms with van der Waals surface area (Å²) in [5.41, 5.74) is 1.76. The van der Waals surface area contributed by atoms with Crippen molar-refractivity contribution in [3.63, 3.8) is 0 Å². The molecule has 0 saturated carbocycles. The Hall–Kier alpha value is -2.02. The lowest BCUT2D eigenvalue weighted by molar-refractivity contribution is 0.101. The van der Waals surface area contributed by atoms with Crippen LogP contribution in [0.4, 0.5) is 0 Å². The van der Waals surface area contributed by atoms with E-state index in [1.54, 1.807) is 16.4 Å². The fourth-order valence-electron chi connectivity index (χ4n) is 3.20. The standard InChI is InChI=1S/C20H24N2O3S/c1-17(23)19-8-10-20(11-9-19)26(24,25)22-13-5-12-21(14-15-22)16-18-6-3-2-4-7-18/h2-4,6-11H,5,12-16H2,1H3. The van der Waals surface area contributed by atoms with E-state index >= 15 is 0 Å². The highest BCUT2D eigenvalue weighted by Crippen LogP contribution is 2.19. The van der Waals surface area contributed by atoms with E-state index in [4.69, 9.17) is 0 Å². The van der Waals surface area contributed by atoms with Gasteiger partial charge >= 0.3 is 0 Å². The van der Waals surface area contributed by atoms with Crippen LogP contribution in [0.25, 0.3) is 0 Å². The largest absolute Gasteiger partial charge is 0.298 e. The molecule has 0 radical (unpaired) electrons. The van der Waals surface area contributed by atoms with Crippen LogP contribution in [-0.4, -0.2) is 49.6 Å². The summed E-state index contributed by atoms with van der Waals surface area (Å²) in [6, 6.07) is 16.4. The summed E-state index contributed by atoms with van der Waals surface area (Å²) < 4.78 is 27.4. The fraction of sp³-hybridized carbons (Fsp3) is 0.350. The minimum absolute atomic E-state index is 0.0692. The minimum Gasteiger partial charge on any atom is -0.298 e. The predicted octanol–water partition coefficient (Wildman–Crippen LogP) is 2.79. The molecule has 138 valence electrons. The number of ketones is 1. The molecule has 3 rings (SSSR count). The van der Waals surface area contributed by atoms with Crippen molar-refractivity contribution < 1.29 is 13.2 Å². The molecule has 1 saturated heterocycles. The lowest BCUT2D eigenvalue weighted by Crippen LogP contribution is -2.35. The number of rotatable bonds is 5. The molecule has 1 fully saturated rings. The van der Waals surface area contributed by atoms with Crippen LogP contribution in [0.3, 0.4) is 0 Å². The number of hydrogen-bond acceptors (Lipinski definition) is 4. The normalized spacial score (nSPS) is 17.0. The maximum Gasteiger partial charge on any atom is 0.243 e. The molecular weight excluding hydrogens is 348 g/mol. The summed E-state index contributed by atoms with van der Waals surface area (Å²) in [5, 5.41) is 0. The number of carbonyl (C=O) groups excluding carboxylic acids is 1. The van der Waals surface area contributed by atoms with E-state index in [1.807, 2.05) is 18.2 Å².